The first-order chi connectivity index (χ1) is 9.43. The predicted molar refractivity (Wildman–Crippen MR) is 78.4 cm³/mol. The fraction of sp³-hybridized carbons (Fsp3) is 0.647. The Hall–Kier alpha value is -1.09. The lowest BCUT2D eigenvalue weighted by atomic mass is 9.66. The smallest absolute Gasteiger partial charge is 0.125 e. The van der Waals surface area contributed by atoms with E-state index in [1.807, 2.05) is 7.05 Å². The molecule has 3 rings (SSSR count). The van der Waals surface area contributed by atoms with Crippen molar-refractivity contribution in [2.24, 2.45) is 5.41 Å². The summed E-state index contributed by atoms with van der Waals surface area (Å²) in [6.45, 7) is 4.65. The molecule has 2 atom stereocenters. The summed E-state index contributed by atoms with van der Waals surface area (Å²) in [7, 11) is 1.95. The molecule has 2 nitrogen and oxygen atoms in total. The van der Waals surface area contributed by atoms with E-state index in [9.17, 15) is 4.39 Å². The van der Waals surface area contributed by atoms with Crippen molar-refractivity contribution in [2.75, 3.05) is 7.05 Å². The van der Waals surface area contributed by atoms with Crippen molar-refractivity contribution in [3.63, 3.8) is 0 Å². The van der Waals surface area contributed by atoms with Gasteiger partial charge in [-0.05, 0) is 56.3 Å². The SMILES string of the molecule is CNC1CC2(CCCC(C)(C)C2)Oc2ccc(F)cc21. The van der Waals surface area contributed by atoms with Crippen molar-refractivity contribution in [1.29, 1.82) is 0 Å². The molecule has 1 aromatic carbocycles. The molecule has 1 aliphatic carbocycles. The zero-order valence-corrected chi connectivity index (χ0v) is 12.6. The molecule has 1 saturated carbocycles. The molecule has 0 aromatic heterocycles. The van der Waals surface area contributed by atoms with Gasteiger partial charge in [0.2, 0.25) is 0 Å². The van der Waals surface area contributed by atoms with Crippen LogP contribution in [0.15, 0.2) is 18.2 Å². The van der Waals surface area contributed by atoms with Gasteiger partial charge in [-0.2, -0.15) is 0 Å². The van der Waals surface area contributed by atoms with E-state index in [-0.39, 0.29) is 17.5 Å². The zero-order chi connectivity index (χ0) is 14.4. The van der Waals surface area contributed by atoms with Crippen LogP contribution in [0.25, 0.3) is 0 Å². The first kappa shape index (κ1) is 13.9. The van der Waals surface area contributed by atoms with E-state index in [2.05, 4.69) is 19.2 Å². The number of rotatable bonds is 1. The summed E-state index contributed by atoms with van der Waals surface area (Å²) in [5.41, 5.74) is 1.20. The van der Waals surface area contributed by atoms with Crippen molar-refractivity contribution >= 4 is 0 Å². The van der Waals surface area contributed by atoms with Crippen molar-refractivity contribution in [1.82, 2.24) is 5.32 Å². The quantitative estimate of drug-likeness (QED) is 0.830. The number of nitrogens with one attached hydrogen (secondary N) is 1. The monoisotopic (exact) mass is 277 g/mol. The van der Waals surface area contributed by atoms with Gasteiger partial charge in [-0.15, -0.1) is 0 Å². The van der Waals surface area contributed by atoms with Crippen LogP contribution in [0.1, 0.15) is 57.6 Å². The van der Waals surface area contributed by atoms with Gasteiger partial charge in [0.15, 0.2) is 0 Å². The molecule has 0 radical (unpaired) electrons. The largest absolute Gasteiger partial charge is 0.487 e. The summed E-state index contributed by atoms with van der Waals surface area (Å²) in [4.78, 5) is 0. The number of halogens is 1. The third kappa shape index (κ3) is 2.44. The second kappa shape index (κ2) is 4.73. The standard InChI is InChI=1S/C17H24FNO/c1-16(2)7-4-8-17(11-16)10-14(19-3)13-9-12(18)5-6-15(13)20-17/h5-6,9,14,19H,4,7-8,10-11H2,1-3H3. The maximum Gasteiger partial charge on any atom is 0.125 e. The lowest BCUT2D eigenvalue weighted by Crippen LogP contribution is -2.48. The van der Waals surface area contributed by atoms with Crippen LogP contribution in [-0.4, -0.2) is 12.6 Å². The summed E-state index contributed by atoms with van der Waals surface area (Å²) in [6.07, 6.45) is 5.59. The second-order valence-corrected chi connectivity index (χ2v) is 7.21. The molecular weight excluding hydrogens is 253 g/mol. The van der Waals surface area contributed by atoms with Crippen LogP contribution >= 0.6 is 0 Å². The lowest BCUT2D eigenvalue weighted by Gasteiger charge is -2.49. The Morgan fingerprint density at radius 1 is 1.30 bits per heavy atom. The fourth-order valence-electron chi connectivity index (χ4n) is 4.10. The van der Waals surface area contributed by atoms with Crippen molar-refractivity contribution < 1.29 is 9.13 Å². The summed E-state index contributed by atoms with van der Waals surface area (Å²) < 4.78 is 19.9. The van der Waals surface area contributed by atoms with Gasteiger partial charge in [-0.25, -0.2) is 4.39 Å². The van der Waals surface area contributed by atoms with Gasteiger partial charge in [0.25, 0.3) is 0 Å². The highest BCUT2D eigenvalue weighted by Gasteiger charge is 2.46. The van der Waals surface area contributed by atoms with E-state index in [0.717, 1.165) is 30.6 Å². The molecule has 0 amide bonds. The van der Waals surface area contributed by atoms with Gasteiger partial charge in [-0.3, -0.25) is 0 Å². The molecule has 110 valence electrons. The lowest BCUT2D eigenvalue weighted by molar-refractivity contribution is -0.0414. The highest BCUT2D eigenvalue weighted by Crippen LogP contribution is 2.50. The summed E-state index contributed by atoms with van der Waals surface area (Å²) >= 11 is 0. The highest BCUT2D eigenvalue weighted by atomic mass is 19.1. The Balaban J connectivity index is 1.96. The number of hydrogen-bond acceptors (Lipinski definition) is 2. The van der Waals surface area contributed by atoms with Crippen molar-refractivity contribution in [3.05, 3.63) is 29.6 Å². The third-order valence-electron chi connectivity index (χ3n) is 4.88. The van der Waals surface area contributed by atoms with Gasteiger partial charge < -0.3 is 10.1 Å². The molecule has 1 spiro atoms. The minimum atomic E-state index is -0.187. The van der Waals surface area contributed by atoms with Crippen LogP contribution in [0.3, 0.4) is 0 Å². The maximum absolute atomic E-state index is 13.5. The Bertz CT molecular complexity index is 514. The van der Waals surface area contributed by atoms with Gasteiger partial charge in [0.05, 0.1) is 0 Å². The molecule has 0 saturated heterocycles. The predicted octanol–water partition coefficient (Wildman–Crippen LogP) is 4.21. The number of benzene rings is 1. The van der Waals surface area contributed by atoms with E-state index < -0.39 is 0 Å². The normalized spacial score (nSPS) is 31.7. The van der Waals surface area contributed by atoms with Crippen LogP contribution in [0.4, 0.5) is 4.39 Å². The Morgan fingerprint density at radius 2 is 2.10 bits per heavy atom. The molecule has 3 heteroatoms. The highest BCUT2D eigenvalue weighted by molar-refractivity contribution is 5.39. The molecular formula is C17H24FNO. The average molecular weight is 277 g/mol. The molecule has 2 unspecified atom stereocenters. The van der Waals surface area contributed by atoms with Crippen LogP contribution in [-0.2, 0) is 0 Å². The topological polar surface area (TPSA) is 21.3 Å². The third-order valence-corrected chi connectivity index (χ3v) is 4.88. The molecule has 1 aliphatic heterocycles. The van der Waals surface area contributed by atoms with E-state index >= 15 is 0 Å². The molecule has 0 bridgehead atoms. The molecule has 2 aliphatic rings. The Kier molecular flexibility index (Phi) is 3.28. The zero-order valence-electron chi connectivity index (χ0n) is 12.6. The Labute approximate surface area is 120 Å². The second-order valence-electron chi connectivity index (χ2n) is 7.21. The van der Waals surface area contributed by atoms with Crippen molar-refractivity contribution in [2.45, 2.75) is 57.6 Å². The molecule has 1 N–H and O–H groups in total. The molecule has 20 heavy (non-hydrogen) atoms. The van der Waals surface area contributed by atoms with E-state index in [0.29, 0.717) is 5.41 Å². The van der Waals surface area contributed by atoms with Crippen LogP contribution in [0.2, 0.25) is 0 Å². The van der Waals surface area contributed by atoms with E-state index in [4.69, 9.17) is 4.74 Å². The summed E-state index contributed by atoms with van der Waals surface area (Å²) in [5.74, 6) is 0.669. The first-order valence-electron chi connectivity index (χ1n) is 7.59. The summed E-state index contributed by atoms with van der Waals surface area (Å²) in [5, 5.41) is 3.34. The van der Waals surface area contributed by atoms with E-state index in [1.165, 1.54) is 18.9 Å². The van der Waals surface area contributed by atoms with Crippen LogP contribution in [0, 0.1) is 11.2 Å². The minimum Gasteiger partial charge on any atom is -0.487 e. The van der Waals surface area contributed by atoms with Crippen molar-refractivity contribution in [3.8, 4) is 5.75 Å². The number of ether oxygens (including phenoxy) is 1. The first-order valence-corrected chi connectivity index (χ1v) is 7.59. The maximum atomic E-state index is 13.5. The Morgan fingerprint density at radius 3 is 2.80 bits per heavy atom. The number of fused-ring (bicyclic) bond motifs is 1. The van der Waals surface area contributed by atoms with E-state index in [1.54, 1.807) is 12.1 Å². The van der Waals surface area contributed by atoms with Gasteiger partial charge in [0.1, 0.15) is 17.2 Å². The van der Waals surface area contributed by atoms with Gasteiger partial charge in [-0.1, -0.05) is 13.8 Å². The fourth-order valence-corrected chi connectivity index (χ4v) is 4.10. The van der Waals surface area contributed by atoms with Crippen LogP contribution in [0.5, 0.6) is 5.75 Å². The minimum absolute atomic E-state index is 0.0831. The molecule has 1 fully saturated rings. The number of hydrogen-bond donors (Lipinski definition) is 1. The molecule has 1 aromatic rings. The summed E-state index contributed by atoms with van der Waals surface area (Å²) in [6, 6.07) is 5.08. The van der Waals surface area contributed by atoms with Gasteiger partial charge in [0, 0.05) is 18.0 Å². The molecule has 1 heterocycles. The van der Waals surface area contributed by atoms with Gasteiger partial charge >= 0.3 is 0 Å². The average Bonchev–Trinajstić information content (AvgIpc) is 2.37. The van der Waals surface area contributed by atoms with Crippen LogP contribution < -0.4 is 10.1 Å².